The second kappa shape index (κ2) is 6.60. The maximum absolute atomic E-state index is 13.6. The molecule has 0 aromatic heterocycles. The van der Waals surface area contributed by atoms with Crippen LogP contribution in [0.3, 0.4) is 0 Å². The minimum Gasteiger partial charge on any atom is -0.308 e. The summed E-state index contributed by atoms with van der Waals surface area (Å²) in [6, 6.07) is 10.6. The summed E-state index contributed by atoms with van der Waals surface area (Å²) >= 11 is 3.33. The fourth-order valence-corrected chi connectivity index (χ4v) is 2.18. The quantitative estimate of drug-likeness (QED) is 0.919. The second-order valence-corrected chi connectivity index (χ2v) is 5.11. The van der Waals surface area contributed by atoms with E-state index < -0.39 is 0 Å². The molecule has 2 nitrogen and oxygen atoms in total. The van der Waals surface area contributed by atoms with Gasteiger partial charge in [-0.15, -0.1) is 0 Å². The predicted molar refractivity (Wildman–Crippen MR) is 75.8 cm³/mol. The molecule has 0 atom stereocenters. The first-order valence-electron chi connectivity index (χ1n) is 5.93. The maximum Gasteiger partial charge on any atom is 0.127 e. The monoisotopic (exact) mass is 336 g/mol. The molecule has 0 heterocycles. The van der Waals surface area contributed by atoms with E-state index in [1.54, 1.807) is 6.07 Å². The Kier molecular flexibility index (Phi) is 4.83. The van der Waals surface area contributed by atoms with E-state index in [2.05, 4.69) is 21.2 Å². The summed E-state index contributed by atoms with van der Waals surface area (Å²) in [5.74, 6) is -0.683. The first kappa shape index (κ1) is 14.6. The van der Waals surface area contributed by atoms with Gasteiger partial charge in [0, 0.05) is 23.1 Å². The van der Waals surface area contributed by atoms with E-state index in [-0.39, 0.29) is 18.2 Å². The Hall–Kier alpha value is -1.77. The molecule has 0 bridgehead atoms. The summed E-state index contributed by atoms with van der Waals surface area (Å²) in [6.45, 7) is 0.666. The standard InChI is InChI=1S/C15H11BrF2N2/c16-14-3-2-13(17)6-11(14)8-20-9-12-5-10(7-19)1-4-15(12)18/h1-6,20H,8-9H2. The number of halogens is 3. The first-order valence-corrected chi connectivity index (χ1v) is 6.72. The van der Waals surface area contributed by atoms with Crippen molar-refractivity contribution in [1.82, 2.24) is 5.32 Å². The van der Waals surface area contributed by atoms with Gasteiger partial charge in [-0.05, 0) is 42.0 Å². The molecule has 0 unspecified atom stereocenters. The molecule has 2 aromatic rings. The number of benzene rings is 2. The summed E-state index contributed by atoms with van der Waals surface area (Å²) in [5.41, 5.74) is 1.58. The van der Waals surface area contributed by atoms with Crippen molar-refractivity contribution in [1.29, 1.82) is 5.26 Å². The van der Waals surface area contributed by atoms with Crippen molar-refractivity contribution in [3.63, 3.8) is 0 Å². The molecule has 5 heteroatoms. The summed E-state index contributed by atoms with van der Waals surface area (Å²) < 4.78 is 27.5. The van der Waals surface area contributed by atoms with Gasteiger partial charge in [0.25, 0.3) is 0 Å². The van der Waals surface area contributed by atoms with Crippen molar-refractivity contribution in [2.24, 2.45) is 0 Å². The molecule has 0 aliphatic carbocycles. The van der Waals surface area contributed by atoms with Gasteiger partial charge in [-0.3, -0.25) is 0 Å². The molecule has 0 saturated carbocycles. The molecular formula is C15H11BrF2N2. The number of hydrogen-bond acceptors (Lipinski definition) is 2. The van der Waals surface area contributed by atoms with Crippen LogP contribution in [-0.2, 0) is 13.1 Å². The van der Waals surface area contributed by atoms with Crippen LogP contribution < -0.4 is 5.32 Å². The highest BCUT2D eigenvalue weighted by atomic mass is 79.9. The van der Waals surface area contributed by atoms with Crippen LogP contribution >= 0.6 is 15.9 Å². The molecule has 0 spiro atoms. The molecule has 20 heavy (non-hydrogen) atoms. The molecule has 0 fully saturated rings. The van der Waals surface area contributed by atoms with E-state index in [4.69, 9.17) is 5.26 Å². The Morgan fingerprint density at radius 2 is 1.80 bits per heavy atom. The Morgan fingerprint density at radius 1 is 1.05 bits per heavy atom. The van der Waals surface area contributed by atoms with Crippen molar-refractivity contribution in [2.45, 2.75) is 13.1 Å². The van der Waals surface area contributed by atoms with Gasteiger partial charge < -0.3 is 5.32 Å². The zero-order valence-corrected chi connectivity index (χ0v) is 12.0. The molecule has 2 aromatic carbocycles. The fourth-order valence-electron chi connectivity index (χ4n) is 1.79. The largest absolute Gasteiger partial charge is 0.308 e. The van der Waals surface area contributed by atoms with Crippen molar-refractivity contribution >= 4 is 15.9 Å². The Balaban J connectivity index is 2.03. The van der Waals surface area contributed by atoms with Crippen LogP contribution in [0.15, 0.2) is 40.9 Å². The van der Waals surface area contributed by atoms with Crippen LogP contribution in [-0.4, -0.2) is 0 Å². The second-order valence-electron chi connectivity index (χ2n) is 4.26. The minimum absolute atomic E-state index is 0.268. The summed E-state index contributed by atoms with van der Waals surface area (Å²) in [7, 11) is 0. The van der Waals surface area contributed by atoms with Gasteiger partial charge in [0.05, 0.1) is 11.6 Å². The van der Waals surface area contributed by atoms with Crippen LogP contribution in [0.1, 0.15) is 16.7 Å². The van der Waals surface area contributed by atoms with Crippen LogP contribution in [0.25, 0.3) is 0 Å². The lowest BCUT2D eigenvalue weighted by Crippen LogP contribution is -2.14. The van der Waals surface area contributed by atoms with Crippen LogP contribution in [0.4, 0.5) is 8.78 Å². The smallest absolute Gasteiger partial charge is 0.127 e. The molecule has 102 valence electrons. The van der Waals surface area contributed by atoms with E-state index in [1.165, 1.54) is 30.3 Å². The van der Waals surface area contributed by atoms with Gasteiger partial charge >= 0.3 is 0 Å². The van der Waals surface area contributed by atoms with Gasteiger partial charge in [-0.25, -0.2) is 8.78 Å². The number of nitrogens with one attached hydrogen (secondary N) is 1. The van der Waals surface area contributed by atoms with Crippen LogP contribution in [0, 0.1) is 23.0 Å². The molecule has 2 rings (SSSR count). The molecule has 0 aliphatic rings. The van der Waals surface area contributed by atoms with E-state index >= 15 is 0 Å². The zero-order chi connectivity index (χ0) is 14.5. The lowest BCUT2D eigenvalue weighted by atomic mass is 10.1. The lowest BCUT2D eigenvalue weighted by Gasteiger charge is -2.08. The van der Waals surface area contributed by atoms with Crippen molar-refractivity contribution in [3.8, 4) is 6.07 Å². The molecule has 0 radical (unpaired) electrons. The van der Waals surface area contributed by atoms with Gasteiger partial charge in [0.1, 0.15) is 11.6 Å². The van der Waals surface area contributed by atoms with Gasteiger partial charge in [0.15, 0.2) is 0 Å². The van der Waals surface area contributed by atoms with Crippen LogP contribution in [0.5, 0.6) is 0 Å². The van der Waals surface area contributed by atoms with E-state index in [0.29, 0.717) is 17.7 Å². The third-order valence-electron chi connectivity index (χ3n) is 2.81. The van der Waals surface area contributed by atoms with Crippen LogP contribution in [0.2, 0.25) is 0 Å². The van der Waals surface area contributed by atoms with Gasteiger partial charge in [-0.2, -0.15) is 5.26 Å². The Morgan fingerprint density at radius 3 is 2.55 bits per heavy atom. The number of hydrogen-bond donors (Lipinski definition) is 1. The normalized spacial score (nSPS) is 10.3. The summed E-state index contributed by atoms with van der Waals surface area (Å²) in [5, 5.41) is 11.8. The number of nitriles is 1. The van der Waals surface area contributed by atoms with E-state index in [0.717, 1.165) is 10.0 Å². The summed E-state index contributed by atoms with van der Waals surface area (Å²) in [6.07, 6.45) is 0. The van der Waals surface area contributed by atoms with Crippen molar-refractivity contribution in [2.75, 3.05) is 0 Å². The van der Waals surface area contributed by atoms with Crippen molar-refractivity contribution in [3.05, 3.63) is 69.2 Å². The molecule has 0 saturated heterocycles. The SMILES string of the molecule is N#Cc1ccc(F)c(CNCc2cc(F)ccc2Br)c1. The third-order valence-corrected chi connectivity index (χ3v) is 3.59. The van der Waals surface area contributed by atoms with E-state index in [1.807, 2.05) is 6.07 Å². The third kappa shape index (κ3) is 3.62. The van der Waals surface area contributed by atoms with E-state index in [9.17, 15) is 8.78 Å². The van der Waals surface area contributed by atoms with Gasteiger partial charge in [-0.1, -0.05) is 15.9 Å². The Bertz CT molecular complexity index is 665. The van der Waals surface area contributed by atoms with Crippen molar-refractivity contribution < 1.29 is 8.78 Å². The predicted octanol–water partition coefficient (Wildman–Crippen LogP) is 3.89. The highest BCUT2D eigenvalue weighted by Crippen LogP contribution is 2.18. The maximum atomic E-state index is 13.6. The summed E-state index contributed by atoms with van der Waals surface area (Å²) in [4.78, 5) is 0. The fraction of sp³-hybridized carbons (Fsp3) is 0.133. The van der Waals surface area contributed by atoms with Gasteiger partial charge in [0.2, 0.25) is 0 Å². The zero-order valence-electron chi connectivity index (χ0n) is 10.5. The minimum atomic E-state index is -0.366. The number of rotatable bonds is 4. The molecule has 0 amide bonds. The molecular weight excluding hydrogens is 326 g/mol. The highest BCUT2D eigenvalue weighted by Gasteiger charge is 2.05. The average molecular weight is 337 g/mol. The first-order chi connectivity index (χ1) is 9.60. The average Bonchev–Trinajstić information content (AvgIpc) is 2.44. The highest BCUT2D eigenvalue weighted by molar-refractivity contribution is 9.10. The Labute approximate surface area is 124 Å². The lowest BCUT2D eigenvalue weighted by molar-refractivity contribution is 0.585. The topological polar surface area (TPSA) is 35.8 Å². The molecule has 1 N–H and O–H groups in total. The number of nitrogens with zero attached hydrogens (tertiary/aromatic N) is 1. The molecule has 0 aliphatic heterocycles.